The summed E-state index contributed by atoms with van der Waals surface area (Å²) in [5, 5.41) is 26.1. The Bertz CT molecular complexity index is 403. The molecule has 2 aliphatic carbocycles. The van der Waals surface area contributed by atoms with Crippen LogP contribution in [0.1, 0.15) is 51.9 Å². The van der Waals surface area contributed by atoms with Gasteiger partial charge in [0.25, 0.3) is 0 Å². The normalized spacial score (nSPS) is 47.5. The highest BCUT2D eigenvalue weighted by Gasteiger charge is 2.37. The molecule has 8 atom stereocenters. The molecule has 1 saturated heterocycles. The van der Waals surface area contributed by atoms with Crippen molar-refractivity contribution >= 4 is 0 Å². The highest BCUT2D eigenvalue weighted by Crippen LogP contribution is 2.28. The number of hydrogen-bond acceptors (Lipinski definition) is 6. The largest absolute Gasteiger partial charge is 0.393 e. The molecule has 140 valence electrons. The van der Waals surface area contributed by atoms with Crippen LogP contribution in [0.3, 0.4) is 0 Å². The Morgan fingerprint density at radius 2 is 1.58 bits per heavy atom. The molecule has 6 nitrogen and oxygen atoms in total. The topological polar surface area (TPSA) is 83.0 Å². The zero-order chi connectivity index (χ0) is 17.1. The molecule has 0 radical (unpaired) electrons. The minimum absolute atomic E-state index is 0.0799. The van der Waals surface area contributed by atoms with Crippen molar-refractivity contribution < 1.29 is 24.1 Å². The predicted molar refractivity (Wildman–Crippen MR) is 86.9 cm³/mol. The number of nitrogens with one attached hydrogen (secondary N) is 2. The van der Waals surface area contributed by atoms with Gasteiger partial charge in [0.1, 0.15) is 18.6 Å². The zero-order valence-corrected chi connectivity index (χ0v) is 14.4. The van der Waals surface area contributed by atoms with E-state index in [1.54, 1.807) is 0 Å². The lowest BCUT2D eigenvalue weighted by molar-refractivity contribution is -0.167. The molecule has 0 aromatic rings. The summed E-state index contributed by atoms with van der Waals surface area (Å²) in [6.07, 6.45) is 2.20. The van der Waals surface area contributed by atoms with Gasteiger partial charge in [0.05, 0.1) is 24.4 Å². The van der Waals surface area contributed by atoms with Crippen LogP contribution in [0.15, 0.2) is 0 Å². The second kappa shape index (κ2) is 8.38. The molecular formula is C17H31FN2O4. The third-order valence-electron chi connectivity index (χ3n) is 5.52. The molecule has 0 spiro atoms. The maximum atomic E-state index is 13.4. The van der Waals surface area contributed by atoms with Gasteiger partial charge < -0.3 is 19.7 Å². The van der Waals surface area contributed by atoms with E-state index >= 15 is 0 Å². The molecule has 24 heavy (non-hydrogen) atoms. The first-order valence-corrected chi connectivity index (χ1v) is 9.31. The molecule has 8 unspecified atom stereocenters. The van der Waals surface area contributed by atoms with Crippen molar-refractivity contribution in [2.75, 3.05) is 6.67 Å². The van der Waals surface area contributed by atoms with Gasteiger partial charge >= 0.3 is 0 Å². The summed E-state index contributed by atoms with van der Waals surface area (Å²) in [6, 6.07) is 0. The minimum atomic E-state index is -1.13. The summed E-state index contributed by atoms with van der Waals surface area (Å²) in [5.41, 5.74) is 0. The lowest BCUT2D eigenvalue weighted by Crippen LogP contribution is -2.60. The Balaban J connectivity index is 1.50. The Hall–Kier alpha value is -0.310. The van der Waals surface area contributed by atoms with E-state index < -0.39 is 12.3 Å². The molecule has 7 heteroatoms. The molecule has 3 aliphatic rings. The number of aliphatic hydroxyl groups is 2. The first-order chi connectivity index (χ1) is 11.5. The van der Waals surface area contributed by atoms with Gasteiger partial charge in [-0.2, -0.15) is 0 Å². The van der Waals surface area contributed by atoms with Crippen molar-refractivity contribution in [1.82, 2.24) is 10.6 Å². The predicted octanol–water partition coefficient (Wildman–Crippen LogP) is 1.01. The average molecular weight is 346 g/mol. The van der Waals surface area contributed by atoms with Crippen molar-refractivity contribution in [3.63, 3.8) is 0 Å². The van der Waals surface area contributed by atoms with Gasteiger partial charge in [0.2, 0.25) is 0 Å². The second-order valence-electron chi connectivity index (χ2n) is 7.52. The molecule has 4 N–H and O–H groups in total. The molecule has 3 fully saturated rings. The van der Waals surface area contributed by atoms with Gasteiger partial charge in [0.15, 0.2) is 0 Å². The lowest BCUT2D eigenvalue weighted by Gasteiger charge is -2.42. The summed E-state index contributed by atoms with van der Waals surface area (Å²) in [7, 11) is 0. The number of aliphatic hydroxyl groups excluding tert-OH is 2. The fourth-order valence-corrected chi connectivity index (χ4v) is 3.99. The van der Waals surface area contributed by atoms with Crippen LogP contribution in [-0.2, 0) is 9.47 Å². The smallest absolute Gasteiger partial charge is 0.126 e. The first kappa shape index (κ1) is 18.5. The molecule has 1 aliphatic heterocycles. The van der Waals surface area contributed by atoms with Crippen LogP contribution in [0.25, 0.3) is 0 Å². The molecule has 0 aromatic heterocycles. The van der Waals surface area contributed by atoms with Gasteiger partial charge in [-0.15, -0.1) is 0 Å². The monoisotopic (exact) mass is 346 g/mol. The second-order valence-corrected chi connectivity index (χ2v) is 7.52. The van der Waals surface area contributed by atoms with Crippen molar-refractivity contribution in [3.8, 4) is 0 Å². The fraction of sp³-hybridized carbons (Fsp3) is 1.00. The summed E-state index contributed by atoms with van der Waals surface area (Å²) in [6.45, 7) is 2.64. The maximum Gasteiger partial charge on any atom is 0.126 e. The minimum Gasteiger partial charge on any atom is -0.393 e. The molecule has 0 amide bonds. The van der Waals surface area contributed by atoms with Crippen LogP contribution in [-0.4, -0.2) is 59.9 Å². The first-order valence-electron chi connectivity index (χ1n) is 9.31. The molecule has 1 heterocycles. The number of ether oxygens (including phenoxy) is 2. The lowest BCUT2D eigenvalue weighted by atomic mass is 9.93. The van der Waals surface area contributed by atoms with Crippen LogP contribution in [0.4, 0.5) is 4.39 Å². The van der Waals surface area contributed by atoms with Crippen molar-refractivity contribution in [1.29, 1.82) is 0 Å². The summed E-state index contributed by atoms with van der Waals surface area (Å²) < 4.78 is 25.7. The molecule has 2 saturated carbocycles. The zero-order valence-electron chi connectivity index (χ0n) is 14.4. The SMILES string of the molecule is CC1C(OC2CCCC(O)C2)NCNC1OC1CCC(F)C(O)C1. The summed E-state index contributed by atoms with van der Waals surface area (Å²) in [4.78, 5) is 0. The summed E-state index contributed by atoms with van der Waals surface area (Å²) in [5.74, 6) is 0.0815. The van der Waals surface area contributed by atoms with Crippen LogP contribution < -0.4 is 10.6 Å². The fourth-order valence-electron chi connectivity index (χ4n) is 3.99. The molecule has 3 rings (SSSR count). The van der Waals surface area contributed by atoms with Crippen molar-refractivity contribution in [2.24, 2.45) is 5.92 Å². The van der Waals surface area contributed by atoms with E-state index in [0.29, 0.717) is 32.4 Å². The van der Waals surface area contributed by atoms with Crippen LogP contribution in [0, 0.1) is 5.92 Å². The number of halogens is 1. The van der Waals surface area contributed by atoms with Crippen molar-refractivity contribution in [3.05, 3.63) is 0 Å². The third-order valence-corrected chi connectivity index (χ3v) is 5.52. The Kier molecular flexibility index (Phi) is 6.45. The highest BCUT2D eigenvalue weighted by atomic mass is 19.1. The molecule has 0 bridgehead atoms. The van der Waals surface area contributed by atoms with E-state index in [9.17, 15) is 14.6 Å². The van der Waals surface area contributed by atoms with Crippen LogP contribution in [0.2, 0.25) is 0 Å². The van der Waals surface area contributed by atoms with E-state index in [0.717, 1.165) is 19.3 Å². The maximum absolute atomic E-state index is 13.4. The number of hydrogen-bond donors (Lipinski definition) is 4. The third kappa shape index (κ3) is 4.65. The quantitative estimate of drug-likeness (QED) is 0.608. The van der Waals surface area contributed by atoms with Gasteiger partial charge in [-0.05, 0) is 38.5 Å². The van der Waals surface area contributed by atoms with Crippen molar-refractivity contribution in [2.45, 2.75) is 94.9 Å². The molecular weight excluding hydrogens is 315 g/mol. The van der Waals surface area contributed by atoms with Gasteiger partial charge in [0, 0.05) is 19.0 Å². The van der Waals surface area contributed by atoms with E-state index in [4.69, 9.17) is 9.47 Å². The average Bonchev–Trinajstić information content (AvgIpc) is 2.55. The van der Waals surface area contributed by atoms with Gasteiger partial charge in [-0.3, -0.25) is 10.6 Å². The standard InChI is InChI=1S/C17H31FN2O4/c1-10-16(23-12-4-2-3-11(21)7-12)19-9-20-17(10)24-13-5-6-14(18)15(22)8-13/h10-17,19-22H,2-9H2,1H3. The van der Waals surface area contributed by atoms with E-state index in [1.165, 1.54) is 0 Å². The van der Waals surface area contributed by atoms with Crippen LogP contribution >= 0.6 is 0 Å². The highest BCUT2D eigenvalue weighted by molar-refractivity contribution is 4.84. The Labute approximate surface area is 143 Å². The van der Waals surface area contributed by atoms with E-state index in [2.05, 4.69) is 17.6 Å². The Morgan fingerprint density at radius 3 is 2.21 bits per heavy atom. The van der Waals surface area contributed by atoms with Gasteiger partial charge in [-0.25, -0.2) is 4.39 Å². The number of alkyl halides is 1. The van der Waals surface area contributed by atoms with E-state index in [1.807, 2.05) is 0 Å². The summed E-state index contributed by atoms with van der Waals surface area (Å²) >= 11 is 0. The Morgan fingerprint density at radius 1 is 0.917 bits per heavy atom. The van der Waals surface area contributed by atoms with Crippen LogP contribution in [0.5, 0.6) is 0 Å². The number of rotatable bonds is 4. The molecule has 0 aromatic carbocycles. The van der Waals surface area contributed by atoms with Gasteiger partial charge in [-0.1, -0.05) is 6.92 Å². The van der Waals surface area contributed by atoms with E-state index in [-0.39, 0.29) is 36.7 Å².